The van der Waals surface area contributed by atoms with Crippen molar-refractivity contribution in [1.29, 1.82) is 0 Å². The topological polar surface area (TPSA) is 118 Å². The molecular formula is C21H21Cl2N7O2. The van der Waals surface area contributed by atoms with Crippen molar-refractivity contribution in [2.45, 2.75) is 12.5 Å². The average Bonchev–Trinajstić information content (AvgIpc) is 3.36. The van der Waals surface area contributed by atoms with E-state index < -0.39 is 0 Å². The number of likely N-dealkylation sites (tertiary alicyclic amines) is 1. The van der Waals surface area contributed by atoms with Gasteiger partial charge in [-0.05, 0) is 30.7 Å². The number of nitrogen functional groups attached to an aromatic ring is 1. The summed E-state index contributed by atoms with van der Waals surface area (Å²) in [6.07, 6.45) is 5.74. The predicted molar refractivity (Wildman–Crippen MR) is 124 cm³/mol. The Hall–Kier alpha value is -3.30. The number of rotatable bonds is 4. The monoisotopic (exact) mass is 473 g/mol. The van der Waals surface area contributed by atoms with Crippen molar-refractivity contribution < 1.29 is 9.59 Å². The molecule has 0 radical (unpaired) electrons. The maximum Gasteiger partial charge on any atom is 0.321 e. The van der Waals surface area contributed by atoms with Crippen molar-refractivity contribution in [2.24, 2.45) is 7.05 Å². The molecule has 11 heteroatoms. The number of hydrogen-bond donors (Lipinski definition) is 3. The van der Waals surface area contributed by atoms with Crippen molar-refractivity contribution >= 4 is 46.6 Å². The van der Waals surface area contributed by atoms with E-state index in [-0.39, 0.29) is 29.4 Å². The number of aryl methyl sites for hydroxylation is 1. The smallest absolute Gasteiger partial charge is 0.321 e. The fourth-order valence-corrected chi connectivity index (χ4v) is 4.07. The number of carbonyl (C=O) groups excluding carboxylic acids is 2. The van der Waals surface area contributed by atoms with Crippen LogP contribution in [0.25, 0.3) is 11.1 Å². The maximum atomic E-state index is 12.9. The van der Waals surface area contributed by atoms with Crippen molar-refractivity contribution in [3.8, 4) is 11.1 Å². The second-order valence-corrected chi connectivity index (χ2v) is 8.43. The molecule has 2 aromatic heterocycles. The molecule has 32 heavy (non-hydrogen) atoms. The molecule has 1 aromatic carbocycles. The second-order valence-electron chi connectivity index (χ2n) is 7.55. The Morgan fingerprint density at radius 3 is 2.56 bits per heavy atom. The molecular weight excluding hydrogens is 453 g/mol. The molecule has 1 aliphatic heterocycles. The van der Waals surface area contributed by atoms with E-state index in [1.807, 2.05) is 13.2 Å². The highest BCUT2D eigenvalue weighted by atomic mass is 35.5. The number of hydrogen-bond acceptors (Lipinski definition) is 5. The van der Waals surface area contributed by atoms with Crippen LogP contribution in [-0.2, 0) is 7.05 Å². The van der Waals surface area contributed by atoms with Gasteiger partial charge in [0.1, 0.15) is 5.82 Å². The fraction of sp³-hybridized carbons (Fsp3) is 0.238. The van der Waals surface area contributed by atoms with Crippen LogP contribution in [0.1, 0.15) is 16.8 Å². The number of nitrogens with zero attached hydrogens (tertiary/aromatic N) is 4. The second kappa shape index (κ2) is 9.05. The van der Waals surface area contributed by atoms with Crippen LogP contribution < -0.4 is 16.4 Å². The van der Waals surface area contributed by atoms with Crippen LogP contribution >= 0.6 is 23.2 Å². The summed E-state index contributed by atoms with van der Waals surface area (Å²) in [7, 11) is 1.81. The van der Waals surface area contributed by atoms with E-state index in [9.17, 15) is 9.59 Å². The Bertz CT molecular complexity index is 1160. The number of anilines is 2. The Kier molecular flexibility index (Phi) is 6.20. The first kappa shape index (κ1) is 21.9. The summed E-state index contributed by atoms with van der Waals surface area (Å²) >= 11 is 12.0. The summed E-state index contributed by atoms with van der Waals surface area (Å²) in [6, 6.07) is 6.01. The Morgan fingerprint density at radius 2 is 1.88 bits per heavy atom. The van der Waals surface area contributed by atoms with Gasteiger partial charge >= 0.3 is 6.03 Å². The molecule has 1 aliphatic rings. The van der Waals surface area contributed by atoms with Crippen LogP contribution in [0.15, 0.2) is 42.9 Å². The van der Waals surface area contributed by atoms with E-state index in [4.69, 9.17) is 28.9 Å². The van der Waals surface area contributed by atoms with Gasteiger partial charge in [-0.25, -0.2) is 9.78 Å². The summed E-state index contributed by atoms with van der Waals surface area (Å²) in [5, 5.41) is 10.7. The number of urea groups is 1. The molecule has 3 aromatic rings. The van der Waals surface area contributed by atoms with Gasteiger partial charge in [0.25, 0.3) is 5.91 Å². The molecule has 4 rings (SSSR count). The van der Waals surface area contributed by atoms with Crippen molar-refractivity contribution in [2.75, 3.05) is 24.1 Å². The van der Waals surface area contributed by atoms with E-state index in [0.29, 0.717) is 35.2 Å². The number of aromatic nitrogens is 3. The van der Waals surface area contributed by atoms with Crippen LogP contribution in [0.2, 0.25) is 10.0 Å². The third-order valence-corrected chi connectivity index (χ3v) is 5.56. The fourth-order valence-electron chi connectivity index (χ4n) is 3.54. The summed E-state index contributed by atoms with van der Waals surface area (Å²) in [4.78, 5) is 31.2. The number of nitrogens with two attached hydrogens (primary N) is 1. The van der Waals surface area contributed by atoms with Gasteiger partial charge in [0.15, 0.2) is 0 Å². The van der Waals surface area contributed by atoms with E-state index in [1.54, 1.807) is 46.2 Å². The molecule has 0 spiro atoms. The van der Waals surface area contributed by atoms with Gasteiger partial charge < -0.3 is 21.3 Å². The first-order valence-corrected chi connectivity index (χ1v) is 10.6. The molecule has 3 heterocycles. The molecule has 3 amide bonds. The zero-order valence-corrected chi connectivity index (χ0v) is 18.7. The van der Waals surface area contributed by atoms with Crippen LogP contribution in [0.4, 0.5) is 16.3 Å². The lowest BCUT2D eigenvalue weighted by atomic mass is 10.1. The highest BCUT2D eigenvalue weighted by Gasteiger charge is 2.28. The normalized spacial score (nSPS) is 15.6. The molecule has 166 valence electrons. The van der Waals surface area contributed by atoms with Gasteiger partial charge in [0.05, 0.1) is 11.8 Å². The molecule has 0 unspecified atom stereocenters. The minimum Gasteiger partial charge on any atom is -0.383 e. The molecule has 9 nitrogen and oxygen atoms in total. The number of pyridine rings is 1. The van der Waals surface area contributed by atoms with Gasteiger partial charge in [-0.2, -0.15) is 5.10 Å². The highest BCUT2D eigenvalue weighted by Crippen LogP contribution is 2.24. The summed E-state index contributed by atoms with van der Waals surface area (Å²) in [5.41, 5.74) is 8.30. The van der Waals surface area contributed by atoms with Gasteiger partial charge in [-0.1, -0.05) is 23.2 Å². The van der Waals surface area contributed by atoms with Crippen molar-refractivity contribution in [1.82, 2.24) is 25.0 Å². The van der Waals surface area contributed by atoms with E-state index in [1.165, 1.54) is 0 Å². The van der Waals surface area contributed by atoms with Crippen LogP contribution in [0, 0.1) is 0 Å². The van der Waals surface area contributed by atoms with Crippen molar-refractivity contribution in [3.63, 3.8) is 0 Å². The zero-order valence-electron chi connectivity index (χ0n) is 17.2. The number of halogens is 2. The molecule has 0 aliphatic carbocycles. The predicted octanol–water partition coefficient (Wildman–Crippen LogP) is 3.41. The minimum absolute atomic E-state index is 0.139. The average molecular weight is 474 g/mol. The molecule has 1 fully saturated rings. The third kappa shape index (κ3) is 4.95. The lowest BCUT2D eigenvalue weighted by Crippen LogP contribution is -2.40. The number of amides is 3. The molecule has 0 bridgehead atoms. The van der Waals surface area contributed by atoms with E-state index in [0.717, 1.165) is 11.1 Å². The van der Waals surface area contributed by atoms with Crippen LogP contribution in [-0.4, -0.2) is 50.7 Å². The zero-order chi connectivity index (χ0) is 22.8. The lowest BCUT2D eigenvalue weighted by molar-refractivity contribution is 0.0938. The Labute approximate surface area is 194 Å². The largest absolute Gasteiger partial charge is 0.383 e. The summed E-state index contributed by atoms with van der Waals surface area (Å²) in [6.45, 7) is 0.857. The Balaban J connectivity index is 1.39. The minimum atomic E-state index is -0.338. The molecule has 4 N–H and O–H groups in total. The number of benzene rings is 1. The highest BCUT2D eigenvalue weighted by molar-refractivity contribution is 6.35. The summed E-state index contributed by atoms with van der Waals surface area (Å²) < 4.78 is 1.67. The quantitative estimate of drug-likeness (QED) is 0.536. The maximum absolute atomic E-state index is 12.9. The first-order valence-electron chi connectivity index (χ1n) is 9.86. The van der Waals surface area contributed by atoms with Gasteiger partial charge in [0, 0.05) is 65.4 Å². The standard InChI is InChI=1S/C21H21Cl2N7O2/c1-29-10-13(9-26-29)12-4-18(19(24)25-8-12)20(31)27-16-2-3-30(11-16)21(32)28-17-6-14(22)5-15(23)7-17/h4-10,16H,2-3,11H2,1H3,(H2,24,25)(H,27,31)(H,28,32)/t16-/m1/s1. The lowest BCUT2D eigenvalue weighted by Gasteiger charge is -2.18. The van der Waals surface area contributed by atoms with Crippen LogP contribution in [0.5, 0.6) is 0 Å². The number of carbonyl (C=O) groups is 2. The van der Waals surface area contributed by atoms with Crippen LogP contribution in [0.3, 0.4) is 0 Å². The molecule has 0 saturated carbocycles. The summed E-state index contributed by atoms with van der Waals surface area (Å²) in [5.74, 6) is -0.199. The van der Waals surface area contributed by atoms with E-state index in [2.05, 4.69) is 20.7 Å². The van der Waals surface area contributed by atoms with Gasteiger partial charge in [-0.3, -0.25) is 9.48 Å². The first-order chi connectivity index (χ1) is 15.3. The Morgan fingerprint density at radius 1 is 1.12 bits per heavy atom. The SMILES string of the molecule is Cn1cc(-c2cnc(N)c(C(=O)N[C@@H]3CCN(C(=O)Nc4cc(Cl)cc(Cl)c4)C3)c2)cn1. The van der Waals surface area contributed by atoms with Gasteiger partial charge in [-0.15, -0.1) is 0 Å². The van der Waals surface area contributed by atoms with Crippen molar-refractivity contribution in [3.05, 3.63) is 58.5 Å². The van der Waals surface area contributed by atoms with E-state index >= 15 is 0 Å². The molecule has 1 saturated heterocycles. The molecule has 1 atom stereocenters. The number of nitrogens with one attached hydrogen (secondary N) is 2. The van der Waals surface area contributed by atoms with Gasteiger partial charge in [0.2, 0.25) is 0 Å². The third-order valence-electron chi connectivity index (χ3n) is 5.13.